The van der Waals surface area contributed by atoms with Gasteiger partial charge in [0.1, 0.15) is 0 Å². The minimum absolute atomic E-state index is 0.0738. The van der Waals surface area contributed by atoms with Crippen molar-refractivity contribution < 1.29 is 4.79 Å². The van der Waals surface area contributed by atoms with E-state index in [1.165, 1.54) is 5.57 Å². The maximum absolute atomic E-state index is 13.1. The molecule has 9 heteroatoms. The Labute approximate surface area is 237 Å². The van der Waals surface area contributed by atoms with E-state index < -0.39 is 0 Å². The second kappa shape index (κ2) is 11.0. The highest BCUT2D eigenvalue weighted by Crippen LogP contribution is 2.32. The number of nitrogens with one attached hydrogen (secondary N) is 1. The van der Waals surface area contributed by atoms with E-state index in [1.807, 2.05) is 53.0 Å². The smallest absolute Gasteiger partial charge is 0.253 e. The number of allylic oxidation sites excluding steroid dienone is 1. The van der Waals surface area contributed by atoms with Crippen LogP contribution in [0.1, 0.15) is 55.5 Å². The fourth-order valence-electron chi connectivity index (χ4n) is 6.29. The summed E-state index contributed by atoms with van der Waals surface area (Å²) in [6.07, 6.45) is 8.51. The number of hydrogen-bond acceptors (Lipinski definition) is 7. The van der Waals surface area contributed by atoms with Crippen LogP contribution in [0.15, 0.2) is 48.7 Å². The molecule has 6 rings (SSSR count). The van der Waals surface area contributed by atoms with Crippen molar-refractivity contribution in [1.29, 1.82) is 0 Å². The molecule has 1 N–H and O–H groups in total. The van der Waals surface area contributed by atoms with Crippen molar-refractivity contribution in [3.8, 4) is 0 Å². The van der Waals surface area contributed by atoms with Gasteiger partial charge in [0.25, 0.3) is 5.91 Å². The van der Waals surface area contributed by atoms with Crippen LogP contribution in [0.25, 0.3) is 11.2 Å². The number of nitrogens with zero attached hydrogens (tertiary/aromatic N) is 7. The number of hydrazine groups is 1. The lowest BCUT2D eigenvalue weighted by molar-refractivity contribution is -0.132. The molecule has 1 aromatic carbocycles. The molecule has 1 amide bonds. The van der Waals surface area contributed by atoms with E-state index in [9.17, 15) is 4.79 Å². The molecule has 2 aromatic heterocycles. The van der Waals surface area contributed by atoms with E-state index in [-0.39, 0.29) is 5.91 Å². The number of anilines is 2. The number of likely N-dealkylation sites (tertiary alicyclic amines) is 1. The molecule has 0 radical (unpaired) electrons. The van der Waals surface area contributed by atoms with Gasteiger partial charge < -0.3 is 15.1 Å². The molecule has 2 fully saturated rings. The Morgan fingerprint density at radius 3 is 2.52 bits per heavy atom. The van der Waals surface area contributed by atoms with E-state index >= 15 is 0 Å². The number of benzene rings is 1. The normalized spacial score (nSPS) is 21.1. The third-order valence-electron chi connectivity index (χ3n) is 8.68. The van der Waals surface area contributed by atoms with E-state index in [0.717, 1.165) is 81.8 Å². The molecule has 2 saturated heterocycles. The third kappa shape index (κ3) is 5.64. The van der Waals surface area contributed by atoms with Gasteiger partial charge in [-0.15, -0.1) is 5.10 Å². The molecular formula is C31H42N8O. The van der Waals surface area contributed by atoms with Gasteiger partial charge in [-0.1, -0.05) is 19.9 Å². The van der Waals surface area contributed by atoms with Crippen molar-refractivity contribution in [3.63, 3.8) is 0 Å². The quantitative estimate of drug-likeness (QED) is 0.496. The Morgan fingerprint density at radius 1 is 1.05 bits per heavy atom. The maximum Gasteiger partial charge on any atom is 0.253 e. The van der Waals surface area contributed by atoms with Crippen molar-refractivity contribution in [2.24, 2.45) is 5.41 Å². The summed E-state index contributed by atoms with van der Waals surface area (Å²) in [5.74, 6) is 0.623. The van der Waals surface area contributed by atoms with Crippen LogP contribution in [0.5, 0.6) is 0 Å². The summed E-state index contributed by atoms with van der Waals surface area (Å²) < 4.78 is 1.85. The molecule has 0 bridgehead atoms. The zero-order valence-corrected chi connectivity index (χ0v) is 24.3. The SMILES string of the molecule is CN1CCC(N(C)C(=O)c2ccc(Nc3nc4c(C5=CCN(N6CC(C)(C)C6)CCC5)cccn4n3)cc2)CC1. The predicted octanol–water partition coefficient (Wildman–Crippen LogP) is 4.38. The number of pyridine rings is 1. The summed E-state index contributed by atoms with van der Waals surface area (Å²) >= 11 is 0. The van der Waals surface area contributed by atoms with Crippen LogP contribution in [0, 0.1) is 5.41 Å². The number of carbonyl (C=O) groups excluding carboxylic acids is 1. The molecule has 9 nitrogen and oxygen atoms in total. The van der Waals surface area contributed by atoms with Crippen molar-refractivity contribution in [1.82, 2.24) is 34.4 Å². The number of fused-ring (bicyclic) bond motifs is 1. The van der Waals surface area contributed by atoms with Crippen LogP contribution in [0.2, 0.25) is 0 Å². The lowest BCUT2D eigenvalue weighted by atomic mass is 9.86. The standard InChI is InChI=1S/C31H42N8O/c1-31(2)21-38(22-31)37-16-5-7-23(13-20-37)27-8-6-17-39-28(27)33-30(34-39)32-25-11-9-24(10-12-25)29(40)36(4)26-14-18-35(3)19-15-26/h6,8-13,17,26H,5,7,14-16,18-22H2,1-4H3,(H,32,34). The monoisotopic (exact) mass is 542 g/mol. The molecule has 212 valence electrons. The summed E-state index contributed by atoms with van der Waals surface area (Å²) in [6.45, 7) is 11.0. The third-order valence-corrected chi connectivity index (χ3v) is 8.68. The first-order chi connectivity index (χ1) is 19.3. The van der Waals surface area contributed by atoms with E-state index in [2.05, 4.69) is 53.3 Å². The lowest BCUT2D eigenvalue weighted by Gasteiger charge is -2.50. The predicted molar refractivity (Wildman–Crippen MR) is 159 cm³/mol. The Bertz CT molecular complexity index is 1380. The van der Waals surface area contributed by atoms with Gasteiger partial charge in [0.15, 0.2) is 5.65 Å². The molecule has 3 aromatic rings. The maximum atomic E-state index is 13.1. The second-order valence-corrected chi connectivity index (χ2v) is 12.5. The fraction of sp³-hybridized carbons (Fsp3) is 0.516. The molecule has 40 heavy (non-hydrogen) atoms. The molecule has 5 heterocycles. The Balaban J connectivity index is 1.13. The highest BCUT2D eigenvalue weighted by Gasteiger charge is 2.37. The number of piperidine rings is 1. The Kier molecular flexibility index (Phi) is 7.37. The van der Waals surface area contributed by atoms with Crippen molar-refractivity contribution in [2.75, 3.05) is 58.7 Å². The summed E-state index contributed by atoms with van der Waals surface area (Å²) in [5, 5.41) is 13.0. The molecule has 3 aliphatic heterocycles. The molecular weight excluding hydrogens is 500 g/mol. The fourth-order valence-corrected chi connectivity index (χ4v) is 6.29. The number of hydrogen-bond donors (Lipinski definition) is 1. The van der Waals surface area contributed by atoms with Gasteiger partial charge in [-0.2, -0.15) is 4.98 Å². The van der Waals surface area contributed by atoms with Crippen molar-refractivity contribution in [3.05, 3.63) is 59.8 Å². The minimum Gasteiger partial charge on any atom is -0.339 e. The van der Waals surface area contributed by atoms with Crippen molar-refractivity contribution >= 4 is 28.8 Å². The van der Waals surface area contributed by atoms with E-state index in [0.29, 0.717) is 23.0 Å². The Hall–Kier alpha value is -3.27. The summed E-state index contributed by atoms with van der Waals surface area (Å²) in [7, 11) is 4.06. The first-order valence-electron chi connectivity index (χ1n) is 14.6. The topological polar surface area (TPSA) is 72.2 Å². The number of carbonyl (C=O) groups is 1. The number of amides is 1. The largest absolute Gasteiger partial charge is 0.339 e. The number of aromatic nitrogens is 3. The molecule has 0 aliphatic carbocycles. The second-order valence-electron chi connectivity index (χ2n) is 12.5. The van der Waals surface area contributed by atoms with Crippen LogP contribution in [0.4, 0.5) is 11.6 Å². The van der Waals surface area contributed by atoms with E-state index in [4.69, 9.17) is 10.1 Å². The van der Waals surface area contributed by atoms with Gasteiger partial charge >= 0.3 is 0 Å². The number of rotatable bonds is 6. The first kappa shape index (κ1) is 26.9. The lowest BCUT2D eigenvalue weighted by Crippen LogP contribution is -2.60. The Morgan fingerprint density at radius 2 is 1.80 bits per heavy atom. The highest BCUT2D eigenvalue weighted by molar-refractivity contribution is 5.94. The molecule has 0 saturated carbocycles. The van der Waals surface area contributed by atoms with Gasteiger partial charge in [0, 0.05) is 62.3 Å². The zero-order valence-electron chi connectivity index (χ0n) is 24.3. The molecule has 0 atom stereocenters. The summed E-state index contributed by atoms with van der Waals surface area (Å²) in [5.41, 5.74) is 5.33. The van der Waals surface area contributed by atoms with Gasteiger partial charge in [-0.3, -0.25) is 4.79 Å². The zero-order chi connectivity index (χ0) is 27.9. The van der Waals surface area contributed by atoms with Gasteiger partial charge in [0.2, 0.25) is 5.95 Å². The van der Waals surface area contributed by atoms with Gasteiger partial charge in [0.05, 0.1) is 0 Å². The van der Waals surface area contributed by atoms with Crippen LogP contribution >= 0.6 is 0 Å². The van der Waals surface area contributed by atoms with Crippen molar-refractivity contribution in [2.45, 2.75) is 45.6 Å². The van der Waals surface area contributed by atoms with Gasteiger partial charge in [-0.05, 0) is 93.2 Å². The van der Waals surface area contributed by atoms with Crippen LogP contribution in [0.3, 0.4) is 0 Å². The van der Waals surface area contributed by atoms with Crippen LogP contribution < -0.4 is 5.32 Å². The molecule has 3 aliphatic rings. The summed E-state index contributed by atoms with van der Waals surface area (Å²) in [4.78, 5) is 22.2. The average Bonchev–Trinajstić information content (AvgIpc) is 3.19. The molecule has 0 spiro atoms. The van der Waals surface area contributed by atoms with Gasteiger partial charge in [-0.25, -0.2) is 14.5 Å². The molecule has 0 unspecified atom stereocenters. The minimum atomic E-state index is 0.0738. The van der Waals surface area contributed by atoms with Crippen LogP contribution in [-0.2, 0) is 0 Å². The first-order valence-corrected chi connectivity index (χ1v) is 14.6. The average molecular weight is 543 g/mol. The van der Waals surface area contributed by atoms with E-state index in [1.54, 1.807) is 0 Å². The highest BCUT2D eigenvalue weighted by atomic mass is 16.2. The van der Waals surface area contributed by atoms with Crippen LogP contribution in [-0.4, -0.2) is 99.7 Å². The summed E-state index contributed by atoms with van der Waals surface area (Å²) in [6, 6.07) is 12.1.